The first-order valence-corrected chi connectivity index (χ1v) is 11.2. The highest BCUT2D eigenvalue weighted by Gasteiger charge is 2.37. The number of hydrogen-bond donors (Lipinski definition) is 1. The van der Waals surface area contributed by atoms with E-state index < -0.39 is 0 Å². The van der Waals surface area contributed by atoms with E-state index in [2.05, 4.69) is 23.0 Å². The molecule has 8 nitrogen and oxygen atoms in total. The number of anilines is 1. The first-order chi connectivity index (χ1) is 15.5. The molecule has 0 radical (unpaired) electrons. The predicted molar refractivity (Wildman–Crippen MR) is 122 cm³/mol. The third-order valence-electron chi connectivity index (χ3n) is 6.76. The van der Waals surface area contributed by atoms with Crippen LogP contribution in [0.1, 0.15) is 47.4 Å². The summed E-state index contributed by atoms with van der Waals surface area (Å²) >= 11 is 0. The third-order valence-corrected chi connectivity index (χ3v) is 6.76. The van der Waals surface area contributed by atoms with E-state index in [-0.39, 0.29) is 24.7 Å². The number of carbonyl (C=O) groups excluding carboxylic acids is 1. The van der Waals surface area contributed by atoms with Crippen molar-refractivity contribution >= 4 is 22.6 Å². The number of pyridine rings is 1. The molecule has 2 aliphatic rings. The highest BCUT2D eigenvalue weighted by molar-refractivity contribution is 5.99. The number of amides is 1. The van der Waals surface area contributed by atoms with Gasteiger partial charge in [0.05, 0.1) is 35.6 Å². The molecule has 3 aromatic rings. The first-order valence-electron chi connectivity index (χ1n) is 11.2. The summed E-state index contributed by atoms with van der Waals surface area (Å²) in [6, 6.07) is 7.71. The van der Waals surface area contributed by atoms with Crippen LogP contribution in [0.15, 0.2) is 30.5 Å². The summed E-state index contributed by atoms with van der Waals surface area (Å²) in [7, 11) is 3.66. The fourth-order valence-corrected chi connectivity index (χ4v) is 4.83. The zero-order chi connectivity index (χ0) is 22.4. The Balaban J connectivity index is 1.31. The predicted octanol–water partition coefficient (Wildman–Crippen LogP) is 2.70. The zero-order valence-electron chi connectivity index (χ0n) is 18.8. The van der Waals surface area contributed by atoms with Gasteiger partial charge in [0.15, 0.2) is 0 Å². The SMILES string of the molecule is CCc1cc2c(nc1N1CCC(Oc3ccc4c(cnn4C)c3)CC1)C(CO)N(C)C2=O. The van der Waals surface area contributed by atoms with Gasteiger partial charge in [-0.25, -0.2) is 4.98 Å². The van der Waals surface area contributed by atoms with Crippen LogP contribution in [0, 0.1) is 0 Å². The standard InChI is InChI=1S/C24H29N5O3/c1-4-15-12-19-22(21(14-30)27(2)24(19)31)26-23(15)29-9-7-17(8-10-29)32-18-5-6-20-16(11-18)13-25-28(20)3/h5-6,11-13,17,21,30H,4,7-10,14H2,1-3H3. The smallest absolute Gasteiger partial charge is 0.256 e. The van der Waals surface area contributed by atoms with E-state index >= 15 is 0 Å². The molecule has 2 aliphatic heterocycles. The van der Waals surface area contributed by atoms with E-state index in [1.54, 1.807) is 11.9 Å². The molecule has 1 unspecified atom stereocenters. The van der Waals surface area contributed by atoms with E-state index in [4.69, 9.17) is 9.72 Å². The molecule has 0 spiro atoms. The number of likely N-dealkylation sites (N-methyl/N-ethyl adjacent to an activating group) is 1. The number of nitrogens with zero attached hydrogens (tertiary/aromatic N) is 5. The van der Waals surface area contributed by atoms with Gasteiger partial charge in [-0.15, -0.1) is 0 Å². The van der Waals surface area contributed by atoms with Gasteiger partial charge in [-0.1, -0.05) is 6.92 Å². The normalized spacial score (nSPS) is 19.1. The molecule has 32 heavy (non-hydrogen) atoms. The average Bonchev–Trinajstić information content (AvgIpc) is 3.29. The van der Waals surface area contributed by atoms with Crippen molar-refractivity contribution in [3.8, 4) is 5.75 Å². The minimum atomic E-state index is -0.370. The Hall–Kier alpha value is -3.13. The lowest BCUT2D eigenvalue weighted by atomic mass is 10.0. The van der Waals surface area contributed by atoms with Gasteiger partial charge >= 0.3 is 0 Å². The number of aliphatic hydroxyl groups is 1. The van der Waals surface area contributed by atoms with Crippen LogP contribution in [0.25, 0.3) is 10.9 Å². The molecule has 1 N–H and O–H groups in total. The fraction of sp³-hybridized carbons (Fsp3) is 0.458. The molecule has 1 fully saturated rings. The third kappa shape index (κ3) is 3.39. The van der Waals surface area contributed by atoms with Crippen LogP contribution >= 0.6 is 0 Å². The topological polar surface area (TPSA) is 83.7 Å². The Bertz CT molecular complexity index is 1170. The van der Waals surface area contributed by atoms with Gasteiger partial charge in [0.2, 0.25) is 0 Å². The monoisotopic (exact) mass is 435 g/mol. The Labute approximate surface area is 187 Å². The van der Waals surface area contributed by atoms with E-state index in [9.17, 15) is 9.90 Å². The van der Waals surface area contributed by atoms with Crippen LogP contribution in [0.5, 0.6) is 5.75 Å². The van der Waals surface area contributed by atoms with Crippen molar-refractivity contribution in [2.45, 2.75) is 38.3 Å². The van der Waals surface area contributed by atoms with Gasteiger partial charge in [0, 0.05) is 45.4 Å². The molecule has 8 heteroatoms. The molecule has 1 atom stereocenters. The van der Waals surface area contributed by atoms with Crippen molar-refractivity contribution in [3.05, 3.63) is 47.3 Å². The fourth-order valence-electron chi connectivity index (χ4n) is 4.83. The maximum Gasteiger partial charge on any atom is 0.256 e. The van der Waals surface area contributed by atoms with Crippen molar-refractivity contribution in [2.75, 3.05) is 31.6 Å². The van der Waals surface area contributed by atoms with Crippen LogP contribution in [0.4, 0.5) is 5.82 Å². The van der Waals surface area contributed by atoms with Crippen LogP contribution in [0.2, 0.25) is 0 Å². The molecule has 1 saturated heterocycles. The van der Waals surface area contributed by atoms with Gasteiger partial charge in [-0.2, -0.15) is 5.10 Å². The minimum Gasteiger partial charge on any atom is -0.490 e. The van der Waals surface area contributed by atoms with Crippen LogP contribution in [-0.2, 0) is 13.5 Å². The second-order valence-corrected chi connectivity index (χ2v) is 8.66. The van der Waals surface area contributed by atoms with E-state index in [1.807, 2.05) is 36.1 Å². The van der Waals surface area contributed by atoms with Gasteiger partial charge in [-0.3, -0.25) is 9.48 Å². The van der Waals surface area contributed by atoms with Crippen molar-refractivity contribution in [3.63, 3.8) is 0 Å². The quantitative estimate of drug-likeness (QED) is 0.664. The van der Waals surface area contributed by atoms with Gasteiger partial charge in [-0.05, 0) is 36.2 Å². The van der Waals surface area contributed by atoms with E-state index in [0.717, 1.165) is 60.4 Å². The summed E-state index contributed by atoms with van der Waals surface area (Å²) in [4.78, 5) is 21.3. The molecule has 0 saturated carbocycles. The van der Waals surface area contributed by atoms with Gasteiger partial charge < -0.3 is 19.6 Å². The highest BCUT2D eigenvalue weighted by Crippen LogP contribution is 2.35. The molecular formula is C24H29N5O3. The number of benzene rings is 1. The van der Waals surface area contributed by atoms with Crippen molar-refractivity contribution in [1.82, 2.24) is 19.7 Å². The summed E-state index contributed by atoms with van der Waals surface area (Å²) in [5.41, 5.74) is 3.48. The summed E-state index contributed by atoms with van der Waals surface area (Å²) in [5.74, 6) is 1.75. The van der Waals surface area contributed by atoms with Crippen LogP contribution in [-0.4, -0.2) is 63.5 Å². The molecule has 0 bridgehead atoms. The number of fused-ring (bicyclic) bond motifs is 2. The second-order valence-electron chi connectivity index (χ2n) is 8.66. The van der Waals surface area contributed by atoms with Crippen molar-refractivity contribution < 1.29 is 14.6 Å². The Kier molecular flexibility index (Phi) is 5.25. The molecule has 1 amide bonds. The lowest BCUT2D eigenvalue weighted by Gasteiger charge is -2.34. The first kappa shape index (κ1) is 20.8. The molecule has 2 aromatic heterocycles. The Morgan fingerprint density at radius 3 is 2.69 bits per heavy atom. The lowest BCUT2D eigenvalue weighted by molar-refractivity contribution is 0.0715. The van der Waals surface area contributed by atoms with E-state index in [0.29, 0.717) is 11.3 Å². The molecule has 5 rings (SSSR count). The summed E-state index contributed by atoms with van der Waals surface area (Å²) < 4.78 is 8.14. The number of piperidine rings is 1. The minimum absolute atomic E-state index is 0.0644. The second kappa shape index (κ2) is 8.09. The zero-order valence-corrected chi connectivity index (χ0v) is 18.8. The summed E-state index contributed by atoms with van der Waals surface area (Å²) in [6.45, 7) is 3.65. The summed E-state index contributed by atoms with van der Waals surface area (Å²) in [5, 5.41) is 15.2. The molecule has 0 aliphatic carbocycles. The number of aromatic nitrogens is 3. The van der Waals surface area contributed by atoms with Gasteiger partial charge in [0.1, 0.15) is 17.7 Å². The van der Waals surface area contributed by atoms with E-state index in [1.165, 1.54) is 0 Å². The lowest BCUT2D eigenvalue weighted by Crippen LogP contribution is -2.39. The number of aryl methyl sites for hydroxylation is 2. The van der Waals surface area contributed by atoms with Crippen molar-refractivity contribution in [1.29, 1.82) is 0 Å². The number of rotatable bonds is 5. The number of ether oxygens (including phenoxy) is 1. The molecule has 168 valence electrons. The largest absolute Gasteiger partial charge is 0.490 e. The maximum absolute atomic E-state index is 12.6. The van der Waals surface area contributed by atoms with Crippen LogP contribution < -0.4 is 9.64 Å². The highest BCUT2D eigenvalue weighted by atomic mass is 16.5. The Morgan fingerprint density at radius 1 is 1.19 bits per heavy atom. The molecule has 4 heterocycles. The summed E-state index contributed by atoms with van der Waals surface area (Å²) in [6.07, 6.45) is 4.61. The molecular weight excluding hydrogens is 406 g/mol. The number of hydrogen-bond acceptors (Lipinski definition) is 6. The maximum atomic E-state index is 12.6. The number of carbonyl (C=O) groups is 1. The van der Waals surface area contributed by atoms with Gasteiger partial charge in [0.25, 0.3) is 5.91 Å². The Morgan fingerprint density at radius 2 is 1.97 bits per heavy atom. The van der Waals surface area contributed by atoms with Crippen LogP contribution in [0.3, 0.4) is 0 Å². The average molecular weight is 436 g/mol. The van der Waals surface area contributed by atoms with Crippen molar-refractivity contribution in [2.24, 2.45) is 7.05 Å². The number of aliphatic hydroxyl groups excluding tert-OH is 1. The molecule has 1 aromatic carbocycles.